The van der Waals surface area contributed by atoms with E-state index in [9.17, 15) is 0 Å². The van der Waals surface area contributed by atoms with Crippen molar-refractivity contribution in [3.63, 3.8) is 0 Å². The van der Waals surface area contributed by atoms with E-state index in [4.69, 9.17) is 45.9 Å². The van der Waals surface area contributed by atoms with E-state index in [0.717, 1.165) is 134 Å². The van der Waals surface area contributed by atoms with E-state index in [2.05, 4.69) is 70.0 Å². The number of nitrogens with one attached hydrogen (secondary N) is 1. The molecule has 6 aromatic rings. The maximum atomic E-state index is 5.72. The Hall–Kier alpha value is -4.93. The van der Waals surface area contributed by atoms with E-state index in [-0.39, 0.29) is 24.3 Å². The number of rotatable bonds is 7. The fourth-order valence-electron chi connectivity index (χ4n) is 10.2. The average Bonchev–Trinajstić information content (AvgIpc) is 4.24. The van der Waals surface area contributed by atoms with E-state index in [0.29, 0.717) is 50.4 Å². The summed E-state index contributed by atoms with van der Waals surface area (Å²) in [5.74, 6) is 1.89. The number of alkyl halides is 1. The number of hydrogen-bond acceptors (Lipinski definition) is 18. The maximum absolute atomic E-state index is 5.72. The number of morpholine rings is 2. The third-order valence-electron chi connectivity index (χ3n) is 14.0. The molecule has 22 heteroatoms. The number of aromatic nitrogens is 12. The molecule has 20 nitrogen and oxygen atoms in total. The summed E-state index contributed by atoms with van der Waals surface area (Å²) in [7, 11) is 0. The standard InChI is InChI=1S/C23H31N9O.C18H23N9O.C5H9Br.ClH/c24-22-25-13-16(14-26-22)19-20-21(29-23(28-19)31-9-11-33-12-10-31)32(15-27-20)18-5-7-30(8-6-18)17-3-1-2-4-17;19-17-21-9-12(10-22-17)14-15-16(25-18(24-14)26-5-7-28-8-6-26)27(11-23-15)13-1-3-20-4-2-13;6-5-3-1-2-4-5;/h13-15,17-18H,1-12H2,(H2,24,25,26);9-11,13,20H,1-8H2,(H2,19,21,22);5H,1-4H2;1H. The molecule has 10 heterocycles. The molecule has 6 aromatic heterocycles. The van der Waals surface area contributed by atoms with Gasteiger partial charge in [-0.15, -0.1) is 12.4 Å². The lowest BCUT2D eigenvalue weighted by Gasteiger charge is -2.36. The van der Waals surface area contributed by atoms with Crippen LogP contribution in [0.2, 0.25) is 0 Å². The summed E-state index contributed by atoms with van der Waals surface area (Å²) in [6, 6.07) is 1.57. The summed E-state index contributed by atoms with van der Waals surface area (Å²) in [5.41, 5.74) is 17.8. The molecule has 0 amide bonds. The van der Waals surface area contributed by atoms with Crippen LogP contribution in [0.3, 0.4) is 0 Å². The number of halogens is 2. The predicted octanol–water partition coefficient (Wildman–Crippen LogP) is 5.65. The quantitative estimate of drug-likeness (QED) is 0.164. The van der Waals surface area contributed by atoms with Gasteiger partial charge in [-0.25, -0.2) is 39.9 Å². The zero-order chi connectivity index (χ0) is 45.5. The van der Waals surface area contributed by atoms with Gasteiger partial charge in [-0.3, -0.25) is 0 Å². The van der Waals surface area contributed by atoms with E-state index >= 15 is 0 Å². The molecule has 0 bridgehead atoms. The molecule has 12 rings (SSSR count). The molecule has 2 aliphatic carbocycles. The van der Waals surface area contributed by atoms with Crippen molar-refractivity contribution in [3.8, 4) is 22.5 Å². The van der Waals surface area contributed by atoms with Crippen LogP contribution in [-0.2, 0) is 9.47 Å². The predicted molar refractivity (Wildman–Crippen MR) is 269 cm³/mol. The molecule has 0 aromatic carbocycles. The summed E-state index contributed by atoms with van der Waals surface area (Å²) in [6.07, 6.45) is 26.2. The molecule has 6 fully saturated rings. The van der Waals surface area contributed by atoms with Crippen LogP contribution in [0.15, 0.2) is 37.4 Å². The lowest BCUT2D eigenvalue weighted by molar-refractivity contribution is 0.122. The minimum Gasteiger partial charge on any atom is -0.378 e. The molecular formula is C46H64BrClN18O2. The van der Waals surface area contributed by atoms with Crippen LogP contribution in [0.4, 0.5) is 23.8 Å². The van der Waals surface area contributed by atoms with Crippen LogP contribution in [0.5, 0.6) is 0 Å². The number of likely N-dealkylation sites (tertiary alicyclic amines) is 1. The van der Waals surface area contributed by atoms with Crippen molar-refractivity contribution in [1.82, 2.24) is 69.2 Å². The third kappa shape index (κ3) is 11.1. The highest BCUT2D eigenvalue weighted by Gasteiger charge is 2.30. The van der Waals surface area contributed by atoms with Crippen LogP contribution < -0.4 is 26.6 Å². The highest BCUT2D eigenvalue weighted by atomic mass is 79.9. The minimum atomic E-state index is 0. The van der Waals surface area contributed by atoms with Gasteiger partial charge in [0.1, 0.15) is 22.4 Å². The Morgan fingerprint density at radius 3 is 1.37 bits per heavy atom. The topological polar surface area (TPSA) is 231 Å². The zero-order valence-corrected chi connectivity index (χ0v) is 41.1. The molecule has 364 valence electrons. The molecule has 6 aliphatic rings. The normalized spacial score (nSPS) is 20.2. The maximum Gasteiger partial charge on any atom is 0.228 e. The Kier molecular flexibility index (Phi) is 16.0. The number of anilines is 4. The summed E-state index contributed by atoms with van der Waals surface area (Å²) in [4.78, 5) is 53.6. The Morgan fingerprint density at radius 2 is 0.941 bits per heavy atom. The largest absolute Gasteiger partial charge is 0.378 e. The first-order valence-corrected chi connectivity index (χ1v) is 25.3. The van der Waals surface area contributed by atoms with Gasteiger partial charge in [0.2, 0.25) is 23.8 Å². The number of nitrogens with zero attached hydrogens (tertiary/aromatic N) is 15. The molecule has 2 saturated carbocycles. The van der Waals surface area contributed by atoms with Crippen molar-refractivity contribution in [2.75, 3.05) is 100 Å². The molecule has 0 spiro atoms. The fourth-order valence-corrected chi connectivity index (χ4v) is 10.9. The van der Waals surface area contributed by atoms with Gasteiger partial charge in [0.05, 0.1) is 39.1 Å². The fraction of sp³-hybridized carbons (Fsp3) is 0.609. The monoisotopic (exact) mass is 1010 g/mol. The van der Waals surface area contributed by atoms with Crippen LogP contribution >= 0.6 is 28.3 Å². The summed E-state index contributed by atoms with van der Waals surface area (Å²) in [5, 5.41) is 3.41. The van der Waals surface area contributed by atoms with E-state index in [1.165, 1.54) is 51.4 Å². The summed E-state index contributed by atoms with van der Waals surface area (Å²) >= 11 is 3.54. The number of imidazole rings is 2. The smallest absolute Gasteiger partial charge is 0.228 e. The molecule has 68 heavy (non-hydrogen) atoms. The van der Waals surface area contributed by atoms with Crippen molar-refractivity contribution in [2.45, 2.75) is 100 Å². The lowest BCUT2D eigenvalue weighted by Crippen LogP contribution is -2.40. The van der Waals surface area contributed by atoms with Gasteiger partial charge in [-0.05, 0) is 64.5 Å². The SMILES string of the molecule is BrC1CCCC1.Cl.Nc1ncc(-c2nc(N3CCOCC3)nc3c2ncn3C2CCN(C3CCCC3)CC2)cn1.Nc1ncc(-c2nc(N3CCOCC3)nc3c2ncn3C2CCNCC2)cn1. The summed E-state index contributed by atoms with van der Waals surface area (Å²) in [6.45, 7) is 10.1. The average molecular weight is 1020 g/mol. The second-order valence-electron chi connectivity index (χ2n) is 18.3. The van der Waals surface area contributed by atoms with Gasteiger partial charge >= 0.3 is 0 Å². The number of nitrogens with two attached hydrogens (primary N) is 2. The number of hydrogen-bond donors (Lipinski definition) is 3. The molecular weight excluding hydrogens is 952 g/mol. The zero-order valence-electron chi connectivity index (χ0n) is 38.7. The van der Waals surface area contributed by atoms with Crippen LogP contribution in [0.1, 0.15) is 89.1 Å². The molecule has 0 unspecified atom stereocenters. The van der Waals surface area contributed by atoms with E-state index < -0.39 is 0 Å². The van der Waals surface area contributed by atoms with Gasteiger partial charge < -0.3 is 50.1 Å². The van der Waals surface area contributed by atoms with E-state index in [1.54, 1.807) is 24.8 Å². The van der Waals surface area contributed by atoms with Crippen molar-refractivity contribution in [3.05, 3.63) is 37.4 Å². The van der Waals surface area contributed by atoms with Gasteiger partial charge in [-0.1, -0.05) is 41.6 Å². The van der Waals surface area contributed by atoms with E-state index in [1.807, 2.05) is 12.7 Å². The second-order valence-corrected chi connectivity index (χ2v) is 19.6. The number of piperidine rings is 2. The lowest BCUT2D eigenvalue weighted by atomic mass is 10.0. The summed E-state index contributed by atoms with van der Waals surface area (Å²) < 4.78 is 15.5. The highest BCUT2D eigenvalue weighted by Crippen LogP contribution is 2.35. The van der Waals surface area contributed by atoms with Gasteiger partial charge in [0.25, 0.3) is 0 Å². The molecule has 4 aliphatic heterocycles. The molecule has 0 atom stereocenters. The Bertz CT molecular complexity index is 2530. The molecule has 0 radical (unpaired) electrons. The van der Waals surface area contributed by atoms with Crippen LogP contribution in [0.25, 0.3) is 44.8 Å². The Balaban J connectivity index is 0.000000151. The Morgan fingerprint density at radius 1 is 0.515 bits per heavy atom. The molecule has 5 N–H and O–H groups in total. The second kappa shape index (κ2) is 22.7. The number of fused-ring (bicyclic) bond motifs is 2. The number of nitrogen functional groups attached to an aromatic ring is 2. The van der Waals surface area contributed by atoms with Crippen molar-refractivity contribution in [1.29, 1.82) is 0 Å². The molecule has 4 saturated heterocycles. The van der Waals surface area contributed by atoms with Crippen molar-refractivity contribution >= 4 is 74.5 Å². The van der Waals surface area contributed by atoms with Crippen LogP contribution in [0, 0.1) is 0 Å². The minimum absolute atomic E-state index is 0. The van der Waals surface area contributed by atoms with Crippen molar-refractivity contribution in [2.24, 2.45) is 0 Å². The first-order chi connectivity index (χ1) is 32.9. The first-order valence-electron chi connectivity index (χ1n) is 24.3. The van der Waals surface area contributed by atoms with Crippen LogP contribution in [-0.4, -0.2) is 154 Å². The highest BCUT2D eigenvalue weighted by molar-refractivity contribution is 9.09. The first kappa shape index (κ1) is 48.1. The van der Waals surface area contributed by atoms with Crippen molar-refractivity contribution < 1.29 is 9.47 Å². The van der Waals surface area contributed by atoms with Gasteiger partial charge in [-0.2, -0.15) is 9.97 Å². The third-order valence-corrected chi connectivity index (χ3v) is 14.9. The Labute approximate surface area is 411 Å². The van der Waals surface area contributed by atoms with Gasteiger partial charge in [0, 0.05) is 98.1 Å². The van der Waals surface area contributed by atoms with Gasteiger partial charge in [0.15, 0.2) is 11.3 Å². The number of ether oxygens (including phenoxy) is 2.